The Balaban J connectivity index is 1.69. The first kappa shape index (κ1) is 18.4. The Kier molecular flexibility index (Phi) is 4.63. The van der Waals surface area contributed by atoms with Gasteiger partial charge in [-0.1, -0.05) is 71.7 Å². The van der Waals surface area contributed by atoms with Gasteiger partial charge in [0.1, 0.15) is 4.83 Å². The molecule has 0 saturated heterocycles. The first-order valence-electron chi connectivity index (χ1n) is 9.00. The smallest absolute Gasteiger partial charge is 0.263 e. The number of nitrogens with zero attached hydrogens (tertiary/aromatic N) is 2. The third kappa shape index (κ3) is 3.23. The van der Waals surface area contributed by atoms with Crippen LogP contribution in [0.4, 0.5) is 0 Å². The Morgan fingerprint density at radius 2 is 1.79 bits per heavy atom. The predicted molar refractivity (Wildman–Crippen MR) is 122 cm³/mol. The number of thiophene rings is 1. The second kappa shape index (κ2) is 7.30. The van der Waals surface area contributed by atoms with Gasteiger partial charge in [-0.2, -0.15) is 0 Å². The van der Waals surface area contributed by atoms with Gasteiger partial charge in [-0.3, -0.25) is 9.36 Å². The highest BCUT2D eigenvalue weighted by Gasteiger charge is 2.15. The van der Waals surface area contributed by atoms with Gasteiger partial charge in [-0.15, -0.1) is 11.3 Å². The molecule has 0 aliphatic heterocycles. The summed E-state index contributed by atoms with van der Waals surface area (Å²) < 4.78 is 1.60. The van der Waals surface area contributed by atoms with Gasteiger partial charge < -0.3 is 0 Å². The van der Waals surface area contributed by atoms with Gasteiger partial charge in [0.25, 0.3) is 5.56 Å². The van der Waals surface area contributed by atoms with Crippen LogP contribution < -0.4 is 5.56 Å². The van der Waals surface area contributed by atoms with E-state index in [1.54, 1.807) is 23.0 Å². The van der Waals surface area contributed by atoms with Gasteiger partial charge in [-0.25, -0.2) is 4.98 Å². The molecule has 2 heterocycles. The van der Waals surface area contributed by atoms with Crippen LogP contribution in [0.3, 0.4) is 0 Å². The summed E-state index contributed by atoms with van der Waals surface area (Å²) in [5.74, 6) is 0. The number of aromatic nitrogens is 2. The summed E-state index contributed by atoms with van der Waals surface area (Å²) >= 11 is 13.8. The van der Waals surface area contributed by atoms with Crippen molar-refractivity contribution in [2.24, 2.45) is 0 Å². The fourth-order valence-corrected chi connectivity index (χ4v) is 4.94. The second-order valence-electron chi connectivity index (χ2n) is 6.77. The number of benzene rings is 3. The van der Waals surface area contributed by atoms with Crippen molar-refractivity contribution in [2.75, 3.05) is 0 Å². The molecule has 0 aliphatic carbocycles. The quantitative estimate of drug-likeness (QED) is 0.317. The van der Waals surface area contributed by atoms with Crippen molar-refractivity contribution in [3.63, 3.8) is 0 Å². The lowest BCUT2D eigenvalue weighted by Gasteiger charge is -2.09. The molecule has 0 radical (unpaired) electrons. The van der Waals surface area contributed by atoms with Gasteiger partial charge in [0.05, 0.1) is 18.3 Å². The molecule has 0 aliphatic rings. The Morgan fingerprint density at radius 1 is 0.966 bits per heavy atom. The van der Waals surface area contributed by atoms with Gasteiger partial charge in [0.15, 0.2) is 0 Å². The van der Waals surface area contributed by atoms with Crippen LogP contribution >= 0.6 is 34.5 Å². The number of hydrogen-bond acceptors (Lipinski definition) is 3. The van der Waals surface area contributed by atoms with E-state index in [0.29, 0.717) is 22.0 Å². The third-order valence-electron chi connectivity index (χ3n) is 5.00. The highest BCUT2D eigenvalue weighted by molar-refractivity contribution is 7.17. The molecule has 0 spiro atoms. The molecule has 2 aromatic heterocycles. The normalized spacial score (nSPS) is 11.4. The minimum atomic E-state index is -0.0785. The third-order valence-corrected chi connectivity index (χ3v) is 6.47. The van der Waals surface area contributed by atoms with Crippen LogP contribution in [0.2, 0.25) is 10.0 Å². The minimum Gasteiger partial charge on any atom is -0.294 e. The molecule has 5 rings (SSSR count). The summed E-state index contributed by atoms with van der Waals surface area (Å²) in [6.45, 7) is 0.336. The maximum atomic E-state index is 13.4. The average molecular weight is 437 g/mol. The van der Waals surface area contributed by atoms with E-state index in [0.717, 1.165) is 32.3 Å². The number of halogens is 2. The van der Waals surface area contributed by atoms with Gasteiger partial charge in [-0.05, 0) is 34.0 Å². The summed E-state index contributed by atoms with van der Waals surface area (Å²) in [5, 5.41) is 6.01. The minimum absolute atomic E-state index is 0.0785. The maximum Gasteiger partial charge on any atom is 0.263 e. The van der Waals surface area contributed by atoms with Gasteiger partial charge in [0.2, 0.25) is 0 Å². The molecule has 29 heavy (non-hydrogen) atoms. The van der Waals surface area contributed by atoms with Crippen molar-refractivity contribution < 1.29 is 0 Å². The van der Waals surface area contributed by atoms with Crippen LogP contribution in [-0.4, -0.2) is 9.55 Å². The Hall–Kier alpha value is -2.66. The lowest BCUT2D eigenvalue weighted by molar-refractivity contribution is 0.750. The topological polar surface area (TPSA) is 34.9 Å². The summed E-state index contributed by atoms with van der Waals surface area (Å²) in [7, 11) is 0. The van der Waals surface area contributed by atoms with E-state index in [9.17, 15) is 4.79 Å². The molecule has 0 fully saturated rings. The highest BCUT2D eigenvalue weighted by Crippen LogP contribution is 2.35. The number of fused-ring (bicyclic) bond motifs is 2. The Labute approximate surface area is 180 Å². The van der Waals surface area contributed by atoms with E-state index >= 15 is 0 Å². The van der Waals surface area contributed by atoms with E-state index in [1.807, 2.05) is 29.6 Å². The molecule has 3 nitrogen and oxygen atoms in total. The second-order valence-corrected chi connectivity index (χ2v) is 8.47. The van der Waals surface area contributed by atoms with Gasteiger partial charge >= 0.3 is 0 Å². The molecule has 0 bridgehead atoms. The maximum absolute atomic E-state index is 13.4. The first-order valence-corrected chi connectivity index (χ1v) is 10.6. The van der Waals surface area contributed by atoms with E-state index in [4.69, 9.17) is 23.2 Å². The van der Waals surface area contributed by atoms with Crippen molar-refractivity contribution in [3.05, 3.63) is 98.3 Å². The molecule has 6 heteroatoms. The van der Waals surface area contributed by atoms with Crippen LogP contribution in [0.1, 0.15) is 5.56 Å². The monoisotopic (exact) mass is 436 g/mol. The van der Waals surface area contributed by atoms with Crippen molar-refractivity contribution >= 4 is 55.5 Å². The van der Waals surface area contributed by atoms with E-state index in [2.05, 4.69) is 29.2 Å². The van der Waals surface area contributed by atoms with Crippen molar-refractivity contribution in [1.82, 2.24) is 9.55 Å². The molecule has 0 amide bonds. The molecule has 0 atom stereocenters. The molecule has 0 N–H and O–H groups in total. The zero-order valence-corrected chi connectivity index (χ0v) is 17.4. The van der Waals surface area contributed by atoms with Crippen molar-refractivity contribution in [1.29, 1.82) is 0 Å². The van der Waals surface area contributed by atoms with Gasteiger partial charge in [0, 0.05) is 21.0 Å². The van der Waals surface area contributed by atoms with E-state index < -0.39 is 0 Å². The van der Waals surface area contributed by atoms with E-state index in [-0.39, 0.29) is 5.56 Å². The molecule has 0 unspecified atom stereocenters. The van der Waals surface area contributed by atoms with Crippen LogP contribution in [0.5, 0.6) is 0 Å². The van der Waals surface area contributed by atoms with Crippen LogP contribution in [-0.2, 0) is 6.54 Å². The standard InChI is InChI=1S/C23H14Cl2N2OS/c24-16-9-8-15(20(25)10-16)11-27-13-26-22-21(23(27)28)19(12-29-22)18-7-3-5-14-4-1-2-6-17(14)18/h1-10,12-13H,11H2. The van der Waals surface area contributed by atoms with Crippen LogP contribution in [0, 0.1) is 0 Å². The van der Waals surface area contributed by atoms with Crippen LogP contribution in [0.25, 0.3) is 32.1 Å². The fourth-order valence-electron chi connectivity index (χ4n) is 3.57. The molecule has 0 saturated carbocycles. The fraction of sp³-hybridized carbons (Fsp3) is 0.0435. The summed E-state index contributed by atoms with van der Waals surface area (Å²) in [4.78, 5) is 18.6. The SMILES string of the molecule is O=c1c2c(-c3cccc4ccccc34)csc2ncn1Cc1ccc(Cl)cc1Cl. The average Bonchev–Trinajstić information content (AvgIpc) is 3.16. The van der Waals surface area contributed by atoms with Crippen LogP contribution in [0.15, 0.2) is 77.2 Å². The summed E-state index contributed by atoms with van der Waals surface area (Å²) in [5.41, 5.74) is 2.69. The number of rotatable bonds is 3. The molecular weight excluding hydrogens is 423 g/mol. The first-order chi connectivity index (χ1) is 14.1. The predicted octanol–water partition coefficient (Wildman–Crippen LogP) is 6.63. The summed E-state index contributed by atoms with van der Waals surface area (Å²) in [6.07, 6.45) is 1.58. The Bertz CT molecular complexity index is 1430. The lowest BCUT2D eigenvalue weighted by atomic mass is 9.99. The molecule has 3 aromatic carbocycles. The Morgan fingerprint density at radius 3 is 2.66 bits per heavy atom. The molecule has 5 aromatic rings. The van der Waals surface area contributed by atoms with Crippen molar-refractivity contribution in [2.45, 2.75) is 6.54 Å². The largest absolute Gasteiger partial charge is 0.294 e. The number of hydrogen-bond donors (Lipinski definition) is 0. The molecule has 142 valence electrons. The summed E-state index contributed by atoms with van der Waals surface area (Å²) in [6, 6.07) is 19.6. The highest BCUT2D eigenvalue weighted by atomic mass is 35.5. The van der Waals surface area contributed by atoms with E-state index in [1.165, 1.54) is 11.3 Å². The zero-order valence-electron chi connectivity index (χ0n) is 15.1. The molecular formula is C23H14Cl2N2OS. The lowest BCUT2D eigenvalue weighted by Crippen LogP contribution is -2.21. The van der Waals surface area contributed by atoms with Crippen molar-refractivity contribution in [3.8, 4) is 11.1 Å². The zero-order chi connectivity index (χ0) is 20.0.